The zero-order valence-corrected chi connectivity index (χ0v) is 9.18. The van der Waals surface area contributed by atoms with E-state index in [-0.39, 0.29) is 33.0 Å². The second kappa shape index (κ2) is 7.98. The number of aliphatic hydroxyl groups is 2. The van der Waals surface area contributed by atoms with Crippen molar-refractivity contribution in [3.05, 3.63) is 0 Å². The molecule has 0 saturated carbocycles. The van der Waals surface area contributed by atoms with E-state index in [2.05, 4.69) is 4.89 Å². The predicted molar refractivity (Wildman–Crippen MR) is 52.3 cm³/mol. The van der Waals surface area contributed by atoms with Gasteiger partial charge in [-0.1, -0.05) is 0 Å². The van der Waals surface area contributed by atoms with Crippen LogP contribution in [-0.2, 0) is 14.4 Å². The van der Waals surface area contributed by atoms with Gasteiger partial charge >= 0.3 is 0 Å². The van der Waals surface area contributed by atoms with E-state index in [1.807, 2.05) is 0 Å². The van der Waals surface area contributed by atoms with Gasteiger partial charge < -0.3 is 19.7 Å². The molecule has 0 aliphatic rings. The topological polar surface area (TPSA) is 88.4 Å². The molecule has 0 aliphatic carbocycles. The Hall–Kier alpha value is -0.240. The second-order valence-corrected chi connectivity index (χ2v) is 3.60. The minimum atomic E-state index is -0.771. The number of hydrogen-bond acceptors (Lipinski definition) is 6. The Labute approximate surface area is 89.3 Å². The monoisotopic (exact) mass is 224 g/mol. The third-order valence-electron chi connectivity index (χ3n) is 2.04. The van der Waals surface area contributed by atoms with Crippen LogP contribution in [-0.4, -0.2) is 53.8 Å². The van der Waals surface area contributed by atoms with E-state index >= 15 is 0 Å². The van der Waals surface area contributed by atoms with Crippen LogP contribution in [0.2, 0.25) is 0 Å². The highest BCUT2D eigenvalue weighted by Gasteiger charge is 2.31. The molecule has 0 aromatic rings. The second-order valence-electron chi connectivity index (χ2n) is 3.60. The molecule has 0 fully saturated rings. The minimum Gasteiger partial charge on any atom is -0.396 e. The van der Waals surface area contributed by atoms with Crippen LogP contribution in [0.4, 0.5) is 0 Å². The van der Waals surface area contributed by atoms with E-state index in [1.165, 1.54) is 0 Å². The van der Waals surface area contributed by atoms with Gasteiger partial charge in [0.05, 0.1) is 18.8 Å². The molecule has 92 valence electrons. The van der Waals surface area contributed by atoms with E-state index in [4.69, 9.17) is 24.9 Å². The fourth-order valence-electron chi connectivity index (χ4n) is 1.05. The van der Waals surface area contributed by atoms with Crippen molar-refractivity contribution in [1.29, 1.82) is 0 Å². The molecule has 0 amide bonds. The third-order valence-corrected chi connectivity index (χ3v) is 2.04. The average Bonchev–Trinajstić information content (AvgIpc) is 2.20. The number of rotatable bonds is 9. The van der Waals surface area contributed by atoms with Gasteiger partial charge in [-0.2, -0.15) is 0 Å². The Bertz CT molecular complexity index is 150. The third kappa shape index (κ3) is 6.03. The maximum absolute atomic E-state index is 8.73. The quantitative estimate of drug-likeness (QED) is 0.221. The molecule has 0 radical (unpaired) electrons. The van der Waals surface area contributed by atoms with Crippen molar-refractivity contribution >= 4 is 0 Å². The Kier molecular flexibility index (Phi) is 7.85. The van der Waals surface area contributed by atoms with Gasteiger partial charge in [0.1, 0.15) is 12.9 Å². The van der Waals surface area contributed by atoms with Crippen molar-refractivity contribution < 1.29 is 29.8 Å². The molecule has 0 aromatic carbocycles. The van der Waals surface area contributed by atoms with Crippen LogP contribution in [0.25, 0.3) is 0 Å². The maximum atomic E-state index is 8.73. The Morgan fingerprint density at radius 3 is 2.33 bits per heavy atom. The van der Waals surface area contributed by atoms with E-state index in [1.54, 1.807) is 13.8 Å². The molecule has 0 rings (SSSR count). The Balaban J connectivity index is 3.90. The van der Waals surface area contributed by atoms with Crippen LogP contribution >= 0.6 is 0 Å². The summed E-state index contributed by atoms with van der Waals surface area (Å²) in [5, 5.41) is 25.8. The first kappa shape index (κ1) is 14.8. The van der Waals surface area contributed by atoms with Crippen molar-refractivity contribution in [2.45, 2.75) is 32.0 Å². The van der Waals surface area contributed by atoms with Crippen molar-refractivity contribution in [2.75, 3.05) is 26.6 Å². The van der Waals surface area contributed by atoms with Crippen LogP contribution in [0.3, 0.4) is 0 Å². The van der Waals surface area contributed by atoms with Crippen LogP contribution in [0, 0.1) is 0 Å². The van der Waals surface area contributed by atoms with Crippen molar-refractivity contribution in [3.63, 3.8) is 0 Å². The molecule has 15 heavy (non-hydrogen) atoms. The zero-order chi connectivity index (χ0) is 11.7. The molecule has 0 spiro atoms. The lowest BCUT2D eigenvalue weighted by Gasteiger charge is -2.31. The van der Waals surface area contributed by atoms with Gasteiger partial charge in [0.15, 0.2) is 0 Å². The lowest BCUT2D eigenvalue weighted by molar-refractivity contribution is -0.324. The normalized spacial score (nSPS) is 14.2. The van der Waals surface area contributed by atoms with Gasteiger partial charge in [0.2, 0.25) is 0 Å². The van der Waals surface area contributed by atoms with Crippen LogP contribution in [0.5, 0.6) is 0 Å². The first-order chi connectivity index (χ1) is 7.08. The summed E-state index contributed by atoms with van der Waals surface area (Å²) in [5.74, 6) is 0. The molecule has 1 atom stereocenters. The van der Waals surface area contributed by atoms with E-state index in [0.29, 0.717) is 0 Å². The molecule has 6 heteroatoms. The van der Waals surface area contributed by atoms with Gasteiger partial charge in [-0.25, -0.2) is 4.89 Å². The fraction of sp³-hybridized carbons (Fsp3) is 1.00. The molecular weight excluding hydrogens is 204 g/mol. The van der Waals surface area contributed by atoms with E-state index in [9.17, 15) is 0 Å². The summed E-state index contributed by atoms with van der Waals surface area (Å²) >= 11 is 0. The highest BCUT2D eigenvalue weighted by atomic mass is 17.1. The van der Waals surface area contributed by atoms with Gasteiger partial charge in [-0.05, 0) is 13.8 Å². The molecule has 0 aromatic heterocycles. The Morgan fingerprint density at radius 2 is 1.87 bits per heavy atom. The van der Waals surface area contributed by atoms with Crippen molar-refractivity contribution in [3.8, 4) is 0 Å². The summed E-state index contributed by atoms with van der Waals surface area (Å²) in [6.45, 7) is 3.45. The van der Waals surface area contributed by atoms with E-state index in [0.717, 1.165) is 0 Å². The number of hydrogen-bond donors (Lipinski definition) is 3. The summed E-state index contributed by atoms with van der Waals surface area (Å²) in [6.07, 6.45) is -0.357. The first-order valence-corrected chi connectivity index (χ1v) is 4.82. The lowest BCUT2D eigenvalue weighted by atomic mass is 9.99. The summed E-state index contributed by atoms with van der Waals surface area (Å²) in [4.78, 5) is 4.22. The average molecular weight is 224 g/mol. The van der Waals surface area contributed by atoms with E-state index < -0.39 is 11.7 Å². The summed E-state index contributed by atoms with van der Waals surface area (Å²) in [5.41, 5.74) is -0.771. The summed E-state index contributed by atoms with van der Waals surface area (Å²) < 4.78 is 10.2. The van der Waals surface area contributed by atoms with Gasteiger partial charge in [0.25, 0.3) is 0 Å². The molecule has 1 unspecified atom stereocenters. The molecule has 0 aliphatic heterocycles. The van der Waals surface area contributed by atoms with Crippen molar-refractivity contribution in [1.82, 2.24) is 0 Å². The standard InChI is InChI=1S/C9H20O6/c1-9(2,8(15-12)3-4-10)14-7-13-6-5-11/h8,10-12H,3-7H2,1-2H3. The van der Waals surface area contributed by atoms with Gasteiger partial charge in [0, 0.05) is 13.0 Å². The molecule has 0 bridgehead atoms. The fourth-order valence-corrected chi connectivity index (χ4v) is 1.05. The SMILES string of the molecule is CC(C)(OCOCCO)C(CCO)OO. The maximum Gasteiger partial charge on any atom is 0.147 e. The van der Waals surface area contributed by atoms with Crippen LogP contribution in [0.15, 0.2) is 0 Å². The number of ether oxygens (including phenoxy) is 2. The first-order valence-electron chi connectivity index (χ1n) is 4.82. The largest absolute Gasteiger partial charge is 0.396 e. The smallest absolute Gasteiger partial charge is 0.147 e. The van der Waals surface area contributed by atoms with Crippen LogP contribution in [0.1, 0.15) is 20.3 Å². The molecule has 0 saturated heterocycles. The van der Waals surface area contributed by atoms with Crippen LogP contribution < -0.4 is 0 Å². The molecule has 3 N–H and O–H groups in total. The Morgan fingerprint density at radius 1 is 1.20 bits per heavy atom. The number of aliphatic hydroxyl groups excluding tert-OH is 2. The van der Waals surface area contributed by atoms with Gasteiger partial charge in [-0.3, -0.25) is 5.26 Å². The zero-order valence-electron chi connectivity index (χ0n) is 9.18. The molecular formula is C9H20O6. The summed E-state index contributed by atoms with van der Waals surface area (Å²) in [6, 6.07) is 0. The summed E-state index contributed by atoms with van der Waals surface area (Å²) in [7, 11) is 0. The lowest BCUT2D eigenvalue weighted by Crippen LogP contribution is -2.41. The highest BCUT2D eigenvalue weighted by molar-refractivity contribution is 4.79. The molecule has 6 nitrogen and oxygen atoms in total. The van der Waals surface area contributed by atoms with Crippen molar-refractivity contribution in [2.24, 2.45) is 0 Å². The molecule has 0 heterocycles. The minimum absolute atomic E-state index is 0.00114. The predicted octanol–water partition coefficient (Wildman–Crippen LogP) is -0.0114. The van der Waals surface area contributed by atoms with Gasteiger partial charge in [-0.15, -0.1) is 0 Å². The highest BCUT2D eigenvalue weighted by Crippen LogP contribution is 2.20.